The van der Waals surface area contributed by atoms with Crippen LogP contribution in [0, 0.1) is 0 Å². The summed E-state index contributed by atoms with van der Waals surface area (Å²) >= 11 is 0. The van der Waals surface area contributed by atoms with E-state index in [1.807, 2.05) is 0 Å². The van der Waals surface area contributed by atoms with Crippen LogP contribution in [0.5, 0.6) is 0 Å². The molecule has 0 fully saturated rings. The lowest BCUT2D eigenvalue weighted by Gasteiger charge is -2.02. The molecular formula is C2H4N2-2. The van der Waals surface area contributed by atoms with Crippen molar-refractivity contribution in [2.75, 3.05) is 7.05 Å². The molecular weight excluding hydrogens is 52.0 g/mol. The minimum absolute atomic E-state index is 0.750. The first-order valence-electron chi connectivity index (χ1n) is 0.964. The largest absolute Gasteiger partial charge is 0.831 e. The minimum atomic E-state index is 0.750. The van der Waals surface area contributed by atoms with Crippen molar-refractivity contribution in [1.29, 1.82) is 0 Å². The summed E-state index contributed by atoms with van der Waals surface area (Å²) in [7, 11) is 1.50. The van der Waals surface area contributed by atoms with Gasteiger partial charge in [0.15, 0.2) is 0 Å². The molecule has 0 saturated heterocycles. The number of rotatable bonds is 1. The lowest BCUT2D eigenvalue weighted by atomic mass is 11.2. The quantitative estimate of drug-likeness (QED) is 0.311. The highest BCUT2D eigenvalue weighted by molar-refractivity contribution is 5.72. The molecule has 4 heavy (non-hydrogen) atoms. The summed E-state index contributed by atoms with van der Waals surface area (Å²) in [6, 6.07) is 0. The van der Waals surface area contributed by atoms with E-state index in [-0.39, 0.29) is 0 Å². The zero-order valence-electron chi connectivity index (χ0n) is 2.47. The maximum absolute atomic E-state index is 7.58. The van der Waals surface area contributed by atoms with Gasteiger partial charge >= 0.3 is 0 Å². The zero-order valence-corrected chi connectivity index (χ0v) is 2.47. The lowest BCUT2D eigenvalue weighted by molar-refractivity contribution is 1.87. The Bertz CT molecular complexity index is 18.0. The van der Waals surface area contributed by atoms with Crippen LogP contribution in [0.15, 0.2) is 0 Å². The van der Waals surface area contributed by atoms with Crippen LogP contribution in [0.25, 0.3) is 10.7 Å². The van der Waals surface area contributed by atoms with E-state index in [1.165, 1.54) is 7.05 Å². The van der Waals surface area contributed by atoms with Crippen LogP contribution in [0.4, 0.5) is 0 Å². The molecule has 24 valence electrons. The fourth-order valence-electron chi connectivity index (χ4n) is 0. The van der Waals surface area contributed by atoms with E-state index in [2.05, 4.69) is 5.32 Å². The molecule has 0 aliphatic carbocycles. The van der Waals surface area contributed by atoms with E-state index in [4.69, 9.17) is 5.41 Å². The van der Waals surface area contributed by atoms with Crippen LogP contribution in [-0.2, 0) is 0 Å². The number of nitrogens with zero attached hydrogens (tertiary/aromatic N) is 2. The lowest BCUT2D eigenvalue weighted by Crippen LogP contribution is -1.51. The van der Waals surface area contributed by atoms with Crippen molar-refractivity contribution >= 4 is 6.34 Å². The Balaban J connectivity index is 2.30. The smallest absolute Gasteiger partial charge is 0.146 e. The average Bonchev–Trinajstić information content (AvgIpc) is 1.37. The van der Waals surface area contributed by atoms with Gasteiger partial charge in [0.05, 0.1) is 0 Å². The Kier molecular flexibility index (Phi) is 2.14. The molecule has 2 nitrogen and oxygen atoms in total. The Morgan fingerprint density at radius 3 is 2.25 bits per heavy atom. The van der Waals surface area contributed by atoms with Crippen LogP contribution in [0.1, 0.15) is 0 Å². The van der Waals surface area contributed by atoms with E-state index < -0.39 is 0 Å². The van der Waals surface area contributed by atoms with Gasteiger partial charge in [-0.2, -0.15) is 0 Å². The van der Waals surface area contributed by atoms with E-state index >= 15 is 0 Å². The molecule has 0 saturated carbocycles. The molecule has 0 bridgehead atoms. The highest BCUT2D eigenvalue weighted by Gasteiger charge is 1.04. The molecule has 0 heterocycles. The third-order valence-corrected chi connectivity index (χ3v) is 0.115. The predicted octanol–water partition coefficient (Wildman–Crippen LogP) is 0.588. The van der Waals surface area contributed by atoms with Crippen molar-refractivity contribution < 1.29 is 0 Å². The molecule has 0 amide bonds. The van der Waals surface area contributed by atoms with Crippen LogP contribution >= 0.6 is 0 Å². The Morgan fingerprint density at radius 1 is 2.00 bits per heavy atom. The molecule has 0 aliphatic rings. The summed E-state index contributed by atoms with van der Waals surface area (Å²) in [5.41, 5.74) is 0. The van der Waals surface area contributed by atoms with Gasteiger partial charge in [0.1, 0.15) is 0 Å². The topological polar surface area (TPSA) is 36.4 Å². The molecule has 0 aromatic carbocycles. The molecule has 0 radical (unpaired) electrons. The molecule has 2 heteroatoms. The fraction of sp³-hybridized carbons (Fsp3) is 0.500. The van der Waals surface area contributed by atoms with Crippen LogP contribution in [0.2, 0.25) is 0 Å². The summed E-state index contributed by atoms with van der Waals surface area (Å²) in [6.07, 6.45) is 0.750. The van der Waals surface area contributed by atoms with Gasteiger partial charge in [0.2, 0.25) is 0 Å². The summed E-state index contributed by atoms with van der Waals surface area (Å²) in [5.74, 6) is 0. The normalized spacial score (nSPS) is 5.25. The third kappa shape index (κ3) is 1.47. The average molecular weight is 56.1 g/mol. The highest BCUT2D eigenvalue weighted by Crippen LogP contribution is 1.55. The summed E-state index contributed by atoms with van der Waals surface area (Å²) in [5, 5.41) is 10.8. The van der Waals surface area contributed by atoms with Gasteiger partial charge in [0.25, 0.3) is 0 Å². The first-order chi connectivity index (χ1) is 1.91. The Labute approximate surface area is 25.3 Å². The zero-order chi connectivity index (χ0) is 3.41. The molecule has 0 atom stereocenters. The number of hydrogen-bond donors (Lipinski definition) is 0. The fourth-order valence-corrected chi connectivity index (χ4v) is 0. The summed E-state index contributed by atoms with van der Waals surface area (Å²) in [6.45, 7) is 0. The van der Waals surface area contributed by atoms with Gasteiger partial charge in [-0.05, 0) is 0 Å². The van der Waals surface area contributed by atoms with Gasteiger partial charge in [0, 0.05) is 0 Å². The molecule has 0 aromatic heterocycles. The van der Waals surface area contributed by atoms with Crippen LogP contribution in [-0.4, -0.2) is 13.4 Å². The van der Waals surface area contributed by atoms with Crippen molar-refractivity contribution in [2.45, 2.75) is 0 Å². The van der Waals surface area contributed by atoms with Gasteiger partial charge in [-0.3, -0.25) is 0 Å². The molecule has 0 spiro atoms. The van der Waals surface area contributed by atoms with E-state index in [0.717, 1.165) is 6.34 Å². The van der Waals surface area contributed by atoms with Crippen molar-refractivity contribution in [1.82, 2.24) is 0 Å². The summed E-state index contributed by atoms with van der Waals surface area (Å²) < 4.78 is 0. The second-order valence-corrected chi connectivity index (χ2v) is 0.374. The van der Waals surface area contributed by atoms with Gasteiger partial charge in [-0.25, -0.2) is 0 Å². The molecule has 0 rings (SSSR count). The van der Waals surface area contributed by atoms with Gasteiger partial charge in [-0.15, -0.1) is 7.05 Å². The monoisotopic (exact) mass is 56.0 g/mol. The van der Waals surface area contributed by atoms with Crippen molar-refractivity contribution in [3.63, 3.8) is 0 Å². The van der Waals surface area contributed by atoms with Crippen molar-refractivity contribution in [3.8, 4) is 0 Å². The van der Waals surface area contributed by atoms with E-state index in [9.17, 15) is 0 Å². The Hall–Kier alpha value is -0.530. The van der Waals surface area contributed by atoms with Gasteiger partial charge in [-0.1, -0.05) is 0 Å². The standard InChI is InChI=1S/C2H4N2/c1-4-2-3/h2H,1H3/q-2. The van der Waals surface area contributed by atoms with Gasteiger partial charge < -0.3 is 17.1 Å². The second-order valence-electron chi connectivity index (χ2n) is 0.374. The molecule has 0 unspecified atom stereocenters. The van der Waals surface area contributed by atoms with Crippen LogP contribution in [0.3, 0.4) is 0 Å². The van der Waals surface area contributed by atoms with Crippen LogP contribution < -0.4 is 0 Å². The number of hydrogen-bond acceptors (Lipinski definition) is 0. The van der Waals surface area contributed by atoms with Crippen molar-refractivity contribution in [3.05, 3.63) is 10.7 Å². The summed E-state index contributed by atoms with van der Waals surface area (Å²) in [4.78, 5) is 0. The second kappa shape index (κ2) is 2.47. The predicted molar refractivity (Wildman–Crippen MR) is 18.7 cm³/mol. The highest BCUT2D eigenvalue weighted by atomic mass is 14.8. The molecule has 0 aromatic rings. The first-order valence-corrected chi connectivity index (χ1v) is 0.964. The molecule has 0 aliphatic heterocycles. The maximum Gasteiger partial charge on any atom is -0.146 e. The minimum Gasteiger partial charge on any atom is -0.831 e. The molecule has 0 N–H and O–H groups in total. The first kappa shape index (κ1) is 3.47. The van der Waals surface area contributed by atoms with E-state index in [0.29, 0.717) is 0 Å². The maximum atomic E-state index is 7.58. The Morgan fingerprint density at radius 2 is 2.25 bits per heavy atom. The van der Waals surface area contributed by atoms with E-state index in [1.54, 1.807) is 0 Å². The SMILES string of the molecule is C[N-]C=[N-]. The third-order valence-electron chi connectivity index (χ3n) is 0.115. The van der Waals surface area contributed by atoms with Crippen molar-refractivity contribution in [2.24, 2.45) is 0 Å².